The van der Waals surface area contributed by atoms with Crippen LogP contribution in [0.5, 0.6) is 0 Å². The highest BCUT2D eigenvalue weighted by Gasteiger charge is 2.10. The van der Waals surface area contributed by atoms with Crippen molar-refractivity contribution in [3.8, 4) is 0 Å². The van der Waals surface area contributed by atoms with Gasteiger partial charge >= 0.3 is 0 Å². The average Bonchev–Trinajstić information content (AvgIpc) is 3.28. The van der Waals surface area contributed by atoms with Gasteiger partial charge in [0.15, 0.2) is 5.96 Å². The summed E-state index contributed by atoms with van der Waals surface area (Å²) in [6, 6.07) is 3.82. The number of guanidine groups is 1. The maximum atomic E-state index is 11.8. The summed E-state index contributed by atoms with van der Waals surface area (Å²) < 4.78 is 5.34. The summed E-state index contributed by atoms with van der Waals surface area (Å²) in [5, 5.41) is 6.37. The molecule has 1 amide bonds. The molecule has 2 rings (SSSR count). The lowest BCUT2D eigenvalue weighted by molar-refractivity contribution is -0.127. The molecule has 0 bridgehead atoms. The monoisotopic (exact) mass is 491 g/mol. The molecule has 2 heterocycles. The van der Waals surface area contributed by atoms with Crippen molar-refractivity contribution in [2.45, 2.75) is 12.8 Å². The van der Waals surface area contributed by atoms with Gasteiger partial charge in [0.25, 0.3) is 0 Å². The number of carbonyl (C=O) groups excluding carboxylic acids is 1. The molecular formula is C17H26IN5O2S. The second-order valence-corrected chi connectivity index (χ2v) is 6.76. The fourth-order valence-corrected chi connectivity index (χ4v) is 2.70. The first-order chi connectivity index (χ1) is 12.1. The number of nitrogens with zero attached hydrogens (tertiary/aromatic N) is 4. The second kappa shape index (κ2) is 11.9. The van der Waals surface area contributed by atoms with E-state index in [2.05, 4.69) is 15.3 Å². The van der Waals surface area contributed by atoms with Crippen LogP contribution in [0.3, 0.4) is 0 Å². The van der Waals surface area contributed by atoms with Crippen LogP contribution in [0, 0.1) is 0 Å². The predicted octanol–water partition coefficient (Wildman–Crippen LogP) is 2.10. The van der Waals surface area contributed by atoms with E-state index in [-0.39, 0.29) is 36.4 Å². The zero-order chi connectivity index (χ0) is 18.1. The summed E-state index contributed by atoms with van der Waals surface area (Å²) in [7, 11) is 5.43. The van der Waals surface area contributed by atoms with Crippen LogP contribution >= 0.6 is 35.3 Å². The third-order valence-electron chi connectivity index (χ3n) is 3.60. The molecule has 0 aliphatic heterocycles. The Balaban J connectivity index is 0.00000338. The van der Waals surface area contributed by atoms with E-state index in [1.807, 2.05) is 35.7 Å². The van der Waals surface area contributed by atoms with Gasteiger partial charge in [-0.15, -0.1) is 35.3 Å². The van der Waals surface area contributed by atoms with Crippen LogP contribution < -0.4 is 5.32 Å². The van der Waals surface area contributed by atoms with Gasteiger partial charge < -0.3 is 19.5 Å². The number of furan rings is 1. The molecule has 0 unspecified atom stereocenters. The maximum absolute atomic E-state index is 11.8. The summed E-state index contributed by atoms with van der Waals surface area (Å²) in [6.07, 6.45) is 5.08. The smallest absolute Gasteiger partial charge is 0.243 e. The van der Waals surface area contributed by atoms with Crippen LogP contribution in [0.15, 0.2) is 39.4 Å². The van der Waals surface area contributed by atoms with E-state index in [9.17, 15) is 4.79 Å². The Bertz CT molecular complexity index is 659. The molecule has 0 spiro atoms. The molecule has 26 heavy (non-hydrogen) atoms. The van der Waals surface area contributed by atoms with E-state index in [4.69, 9.17) is 4.42 Å². The van der Waals surface area contributed by atoms with Crippen LogP contribution in [-0.4, -0.2) is 67.4 Å². The Kier molecular flexibility index (Phi) is 10.3. The van der Waals surface area contributed by atoms with Gasteiger partial charge in [0.05, 0.1) is 11.3 Å². The van der Waals surface area contributed by atoms with Gasteiger partial charge in [-0.2, -0.15) is 0 Å². The van der Waals surface area contributed by atoms with Crippen LogP contribution in [0.1, 0.15) is 10.8 Å². The minimum absolute atomic E-state index is 0. The molecular weight excluding hydrogens is 465 g/mol. The highest BCUT2D eigenvalue weighted by Crippen LogP contribution is 2.05. The van der Waals surface area contributed by atoms with E-state index in [1.165, 1.54) is 0 Å². The Hall–Kier alpha value is -1.62. The normalized spacial score (nSPS) is 11.0. The fraction of sp³-hybridized carbons (Fsp3) is 0.471. The van der Waals surface area contributed by atoms with E-state index in [0.717, 1.165) is 30.2 Å². The number of aromatic nitrogens is 1. The number of halogens is 1. The van der Waals surface area contributed by atoms with Crippen LogP contribution in [0.2, 0.25) is 0 Å². The number of amides is 1. The summed E-state index contributed by atoms with van der Waals surface area (Å²) in [5.74, 6) is 1.60. The quantitative estimate of drug-likeness (QED) is 0.348. The van der Waals surface area contributed by atoms with Crippen LogP contribution in [-0.2, 0) is 17.6 Å². The fourth-order valence-electron chi connectivity index (χ4n) is 2.09. The SMILES string of the molecule is CN(C)C(=O)CN=C(NCCc1ccco1)N(C)CCc1nccs1.I. The Morgan fingerprint density at radius 3 is 2.77 bits per heavy atom. The first-order valence-electron chi connectivity index (χ1n) is 8.16. The number of carbonyl (C=O) groups is 1. The summed E-state index contributed by atoms with van der Waals surface area (Å²) in [6.45, 7) is 1.58. The zero-order valence-corrected chi connectivity index (χ0v) is 18.5. The molecule has 2 aromatic heterocycles. The van der Waals surface area contributed by atoms with Gasteiger partial charge in [-0.3, -0.25) is 4.79 Å². The van der Waals surface area contributed by atoms with E-state index in [0.29, 0.717) is 12.5 Å². The van der Waals surface area contributed by atoms with E-state index >= 15 is 0 Å². The van der Waals surface area contributed by atoms with Crippen molar-refractivity contribution >= 4 is 47.2 Å². The van der Waals surface area contributed by atoms with E-state index < -0.39 is 0 Å². The van der Waals surface area contributed by atoms with Crippen molar-refractivity contribution in [2.24, 2.45) is 4.99 Å². The van der Waals surface area contributed by atoms with Gasteiger partial charge in [-0.1, -0.05) is 0 Å². The molecule has 9 heteroatoms. The lowest BCUT2D eigenvalue weighted by Gasteiger charge is -2.22. The number of nitrogens with one attached hydrogen (secondary N) is 1. The van der Waals surface area contributed by atoms with Crippen molar-refractivity contribution < 1.29 is 9.21 Å². The zero-order valence-electron chi connectivity index (χ0n) is 15.3. The topological polar surface area (TPSA) is 74.0 Å². The maximum Gasteiger partial charge on any atom is 0.243 e. The molecule has 0 saturated carbocycles. The summed E-state index contributed by atoms with van der Waals surface area (Å²) in [4.78, 5) is 24.1. The Morgan fingerprint density at radius 1 is 1.35 bits per heavy atom. The number of rotatable bonds is 8. The second-order valence-electron chi connectivity index (χ2n) is 5.78. The molecule has 0 fully saturated rings. The third-order valence-corrected chi connectivity index (χ3v) is 4.44. The van der Waals surface area contributed by atoms with Gasteiger partial charge in [0.1, 0.15) is 12.3 Å². The highest BCUT2D eigenvalue weighted by atomic mass is 127. The van der Waals surface area contributed by atoms with Gasteiger partial charge in [-0.05, 0) is 12.1 Å². The van der Waals surface area contributed by atoms with Gasteiger partial charge in [0.2, 0.25) is 5.91 Å². The number of thiazole rings is 1. The number of hydrogen-bond acceptors (Lipinski definition) is 5. The number of hydrogen-bond donors (Lipinski definition) is 1. The molecule has 2 aromatic rings. The lowest BCUT2D eigenvalue weighted by atomic mass is 10.3. The van der Waals surface area contributed by atoms with Gasteiger partial charge in [-0.25, -0.2) is 9.98 Å². The molecule has 7 nitrogen and oxygen atoms in total. The standard InChI is InChI=1S/C17H25N5O2S.HI/c1-21(2)16(23)13-20-17(19-8-6-14-5-4-11-24-14)22(3)10-7-15-18-9-12-25-15;/h4-5,9,11-12H,6-8,10,13H2,1-3H3,(H,19,20);1H. The lowest BCUT2D eigenvalue weighted by Crippen LogP contribution is -2.41. The molecule has 0 aliphatic rings. The minimum atomic E-state index is -0.0290. The van der Waals surface area contributed by atoms with Crippen molar-refractivity contribution in [1.82, 2.24) is 20.1 Å². The third kappa shape index (κ3) is 7.73. The van der Waals surface area contributed by atoms with Crippen molar-refractivity contribution in [3.63, 3.8) is 0 Å². The van der Waals surface area contributed by atoms with Gasteiger partial charge in [0, 0.05) is 58.7 Å². The van der Waals surface area contributed by atoms with Crippen molar-refractivity contribution in [3.05, 3.63) is 40.7 Å². The largest absolute Gasteiger partial charge is 0.469 e. The van der Waals surface area contributed by atoms with Crippen molar-refractivity contribution in [2.75, 3.05) is 40.8 Å². The molecule has 1 N–H and O–H groups in total. The average molecular weight is 491 g/mol. The molecule has 0 radical (unpaired) electrons. The molecule has 144 valence electrons. The van der Waals surface area contributed by atoms with Crippen molar-refractivity contribution in [1.29, 1.82) is 0 Å². The molecule has 0 atom stereocenters. The number of aliphatic imine (C=N–C) groups is 1. The Labute approximate surface area is 175 Å². The molecule has 0 aliphatic carbocycles. The summed E-state index contributed by atoms with van der Waals surface area (Å²) in [5.41, 5.74) is 0. The predicted molar refractivity (Wildman–Crippen MR) is 115 cm³/mol. The molecule has 0 saturated heterocycles. The van der Waals surface area contributed by atoms with E-state index in [1.54, 1.807) is 36.6 Å². The Morgan fingerprint density at radius 2 is 2.15 bits per heavy atom. The number of likely N-dealkylation sites (N-methyl/N-ethyl adjacent to an activating group) is 2. The van der Waals surface area contributed by atoms with Crippen LogP contribution in [0.4, 0.5) is 0 Å². The van der Waals surface area contributed by atoms with Crippen LogP contribution in [0.25, 0.3) is 0 Å². The first-order valence-corrected chi connectivity index (χ1v) is 9.04. The summed E-state index contributed by atoms with van der Waals surface area (Å²) >= 11 is 1.64. The minimum Gasteiger partial charge on any atom is -0.469 e. The first kappa shape index (κ1) is 22.4. The highest BCUT2D eigenvalue weighted by molar-refractivity contribution is 14.0. The molecule has 0 aromatic carbocycles.